The van der Waals surface area contributed by atoms with Crippen LogP contribution < -0.4 is 10.3 Å². The zero-order valence-electron chi connectivity index (χ0n) is 15.4. The molecule has 0 N–H and O–H groups in total. The van der Waals surface area contributed by atoms with Crippen molar-refractivity contribution in [2.45, 2.75) is 18.9 Å². The fourth-order valence-corrected chi connectivity index (χ4v) is 3.18. The van der Waals surface area contributed by atoms with Crippen LogP contribution in [-0.2, 0) is 7.05 Å². The summed E-state index contributed by atoms with van der Waals surface area (Å²) in [6, 6.07) is 8.64. The van der Waals surface area contributed by atoms with E-state index in [0.717, 1.165) is 0 Å². The fourth-order valence-electron chi connectivity index (χ4n) is 3.18. The average molecular weight is 380 g/mol. The van der Waals surface area contributed by atoms with Gasteiger partial charge in [0.15, 0.2) is 5.82 Å². The molecule has 0 atom stereocenters. The zero-order valence-corrected chi connectivity index (χ0v) is 15.4. The third kappa shape index (κ3) is 3.64. The number of carbonyl (C=O) groups is 1. The van der Waals surface area contributed by atoms with Gasteiger partial charge < -0.3 is 14.2 Å². The van der Waals surface area contributed by atoms with Gasteiger partial charge in [-0.25, -0.2) is 4.68 Å². The van der Waals surface area contributed by atoms with E-state index in [9.17, 15) is 9.59 Å². The van der Waals surface area contributed by atoms with E-state index < -0.39 is 0 Å². The summed E-state index contributed by atoms with van der Waals surface area (Å²) in [4.78, 5) is 26.5. The number of rotatable bonds is 4. The number of hydrogen-bond donors (Lipinski definition) is 0. The van der Waals surface area contributed by atoms with Crippen LogP contribution in [0.3, 0.4) is 0 Å². The lowest BCUT2D eigenvalue weighted by atomic mass is 10.1. The first kappa shape index (κ1) is 17.9. The van der Waals surface area contributed by atoms with Crippen molar-refractivity contribution < 1.29 is 9.53 Å². The lowest BCUT2D eigenvalue weighted by molar-refractivity contribution is 0.0584. The monoisotopic (exact) mass is 380 g/mol. The van der Waals surface area contributed by atoms with Crippen LogP contribution in [0.2, 0.25) is 0 Å². The van der Waals surface area contributed by atoms with Gasteiger partial charge in [-0.3, -0.25) is 9.59 Å². The molecule has 0 spiro atoms. The highest BCUT2D eigenvalue weighted by molar-refractivity contribution is 5.93. The standard InChI is InChI=1S/C19H20N6O3/c1-23-10-2-4-15(18(23)26)19(27)24-12-7-14(8-13-24)28-17-6-5-16(21-22-17)25-11-3-9-20-25/h2-6,9-11,14H,7-8,12-13H2,1H3. The summed E-state index contributed by atoms with van der Waals surface area (Å²) in [5.41, 5.74) is -0.0807. The molecule has 0 aliphatic carbocycles. The number of ether oxygens (including phenoxy) is 1. The average Bonchev–Trinajstić information content (AvgIpc) is 3.26. The van der Waals surface area contributed by atoms with Crippen molar-refractivity contribution in [2.75, 3.05) is 13.1 Å². The second-order valence-corrected chi connectivity index (χ2v) is 6.63. The van der Waals surface area contributed by atoms with E-state index in [-0.39, 0.29) is 23.1 Å². The van der Waals surface area contributed by atoms with E-state index in [0.29, 0.717) is 37.6 Å². The third-order valence-corrected chi connectivity index (χ3v) is 4.74. The van der Waals surface area contributed by atoms with Crippen molar-refractivity contribution in [3.8, 4) is 11.7 Å². The molecule has 1 fully saturated rings. The number of piperidine rings is 1. The molecule has 0 aromatic carbocycles. The maximum Gasteiger partial charge on any atom is 0.263 e. The van der Waals surface area contributed by atoms with Crippen molar-refractivity contribution >= 4 is 5.91 Å². The highest BCUT2D eigenvalue weighted by atomic mass is 16.5. The quantitative estimate of drug-likeness (QED) is 0.671. The molecule has 0 radical (unpaired) electrons. The Hall–Kier alpha value is -3.49. The number of likely N-dealkylation sites (tertiary alicyclic amines) is 1. The van der Waals surface area contributed by atoms with Gasteiger partial charge in [0.25, 0.3) is 11.5 Å². The van der Waals surface area contributed by atoms with Gasteiger partial charge in [0, 0.05) is 57.6 Å². The predicted octanol–water partition coefficient (Wildman–Crippen LogP) is 1.04. The molecule has 1 saturated heterocycles. The summed E-state index contributed by atoms with van der Waals surface area (Å²) >= 11 is 0. The molecule has 9 nitrogen and oxygen atoms in total. The third-order valence-electron chi connectivity index (χ3n) is 4.74. The number of amides is 1. The Morgan fingerprint density at radius 3 is 2.61 bits per heavy atom. The van der Waals surface area contributed by atoms with Crippen LogP contribution in [0.1, 0.15) is 23.2 Å². The molecule has 1 aliphatic rings. The Morgan fingerprint density at radius 1 is 1.11 bits per heavy atom. The number of hydrogen-bond acceptors (Lipinski definition) is 6. The molecule has 0 saturated carbocycles. The van der Waals surface area contributed by atoms with Gasteiger partial charge in [-0.2, -0.15) is 5.10 Å². The Bertz CT molecular complexity index is 1000. The molecule has 0 bridgehead atoms. The van der Waals surface area contributed by atoms with Crippen molar-refractivity contribution in [1.82, 2.24) is 29.4 Å². The second-order valence-electron chi connectivity index (χ2n) is 6.63. The van der Waals surface area contributed by atoms with Gasteiger partial charge in [0.1, 0.15) is 11.7 Å². The van der Waals surface area contributed by atoms with E-state index >= 15 is 0 Å². The fraction of sp³-hybridized carbons (Fsp3) is 0.316. The van der Waals surface area contributed by atoms with E-state index in [2.05, 4.69) is 15.3 Å². The number of aryl methyl sites for hydroxylation is 1. The molecule has 28 heavy (non-hydrogen) atoms. The lowest BCUT2D eigenvalue weighted by Gasteiger charge is -2.31. The Morgan fingerprint density at radius 2 is 1.93 bits per heavy atom. The molecule has 1 aliphatic heterocycles. The van der Waals surface area contributed by atoms with Gasteiger partial charge in [0.2, 0.25) is 5.88 Å². The molecular weight excluding hydrogens is 360 g/mol. The van der Waals surface area contributed by atoms with Crippen molar-refractivity contribution in [3.63, 3.8) is 0 Å². The molecule has 9 heteroatoms. The topological polar surface area (TPSA) is 95.1 Å². The molecule has 4 rings (SSSR count). The maximum atomic E-state index is 12.6. The molecule has 0 unspecified atom stereocenters. The molecule has 1 amide bonds. The van der Waals surface area contributed by atoms with Crippen LogP contribution in [0.25, 0.3) is 5.82 Å². The number of carbonyl (C=O) groups excluding carboxylic acids is 1. The number of pyridine rings is 1. The Balaban J connectivity index is 1.35. The SMILES string of the molecule is Cn1cccc(C(=O)N2CCC(Oc3ccc(-n4cccn4)nn3)CC2)c1=O. The van der Waals surface area contributed by atoms with Crippen LogP contribution >= 0.6 is 0 Å². The van der Waals surface area contributed by atoms with Gasteiger partial charge in [0.05, 0.1) is 0 Å². The number of nitrogens with zero attached hydrogens (tertiary/aromatic N) is 6. The van der Waals surface area contributed by atoms with Crippen molar-refractivity contribution in [1.29, 1.82) is 0 Å². The molecule has 3 aromatic rings. The van der Waals surface area contributed by atoms with E-state index in [1.54, 1.807) is 59.5 Å². The van der Waals surface area contributed by atoms with Crippen molar-refractivity contribution in [2.24, 2.45) is 7.05 Å². The van der Waals surface area contributed by atoms with Crippen molar-refractivity contribution in [3.05, 3.63) is 64.8 Å². The summed E-state index contributed by atoms with van der Waals surface area (Å²) < 4.78 is 8.93. The Labute approximate surface area is 161 Å². The molecular formula is C19H20N6O3. The second kappa shape index (κ2) is 7.63. The van der Waals surface area contributed by atoms with Gasteiger partial charge in [-0.05, 0) is 24.3 Å². The number of aromatic nitrogens is 5. The van der Waals surface area contributed by atoms with Crippen LogP contribution in [0, 0.1) is 0 Å². The molecule has 3 aromatic heterocycles. The first-order chi connectivity index (χ1) is 13.6. The normalized spacial score (nSPS) is 14.8. The molecule has 4 heterocycles. The van der Waals surface area contributed by atoms with Gasteiger partial charge >= 0.3 is 0 Å². The lowest BCUT2D eigenvalue weighted by Crippen LogP contribution is -2.43. The summed E-state index contributed by atoms with van der Waals surface area (Å²) in [7, 11) is 1.64. The smallest absolute Gasteiger partial charge is 0.263 e. The van der Waals surface area contributed by atoms with E-state index in [1.807, 2.05) is 6.07 Å². The minimum absolute atomic E-state index is 0.0486. The maximum absolute atomic E-state index is 12.6. The minimum Gasteiger partial charge on any atom is -0.473 e. The first-order valence-corrected chi connectivity index (χ1v) is 9.07. The van der Waals surface area contributed by atoms with E-state index in [1.165, 1.54) is 4.57 Å². The predicted molar refractivity (Wildman–Crippen MR) is 100 cm³/mol. The zero-order chi connectivity index (χ0) is 19.5. The first-order valence-electron chi connectivity index (χ1n) is 9.07. The van der Waals surface area contributed by atoms with Crippen LogP contribution in [0.15, 0.2) is 53.7 Å². The van der Waals surface area contributed by atoms with Gasteiger partial charge in [-0.15, -0.1) is 10.2 Å². The summed E-state index contributed by atoms with van der Waals surface area (Å²) in [5, 5.41) is 12.3. The van der Waals surface area contributed by atoms with Crippen LogP contribution in [0.5, 0.6) is 5.88 Å². The van der Waals surface area contributed by atoms with Crippen LogP contribution in [0.4, 0.5) is 0 Å². The molecule has 144 valence electrons. The summed E-state index contributed by atoms with van der Waals surface area (Å²) in [6.07, 6.45) is 6.39. The van der Waals surface area contributed by atoms with Crippen LogP contribution in [-0.4, -0.2) is 54.5 Å². The van der Waals surface area contributed by atoms with E-state index in [4.69, 9.17) is 4.74 Å². The highest BCUT2D eigenvalue weighted by Gasteiger charge is 2.26. The minimum atomic E-state index is -0.279. The summed E-state index contributed by atoms with van der Waals surface area (Å²) in [6.45, 7) is 1.06. The summed E-state index contributed by atoms with van der Waals surface area (Å²) in [5.74, 6) is 0.822. The van der Waals surface area contributed by atoms with Gasteiger partial charge in [-0.1, -0.05) is 0 Å². The largest absolute Gasteiger partial charge is 0.473 e. The Kier molecular flexibility index (Phi) is 4.88. The highest BCUT2D eigenvalue weighted by Crippen LogP contribution is 2.18.